The number of rotatable bonds is 5. The van der Waals surface area contributed by atoms with E-state index in [2.05, 4.69) is 4.74 Å². The maximum Gasteiger partial charge on any atom is 0.387 e. The lowest BCUT2D eigenvalue weighted by molar-refractivity contribution is -0.0503. The smallest absolute Gasteiger partial charge is 0.387 e. The van der Waals surface area contributed by atoms with Crippen molar-refractivity contribution in [3.05, 3.63) is 53.1 Å². The molecule has 0 saturated carbocycles. The number of thioether (sulfide) groups is 1. The molecule has 0 saturated heterocycles. The Bertz CT molecular complexity index is 595. The van der Waals surface area contributed by atoms with Gasteiger partial charge in [-0.3, -0.25) is 0 Å². The molecule has 0 aromatic heterocycles. The molecule has 0 amide bonds. The molecule has 106 valence electrons. The van der Waals surface area contributed by atoms with Gasteiger partial charge in [-0.25, -0.2) is 0 Å². The van der Waals surface area contributed by atoms with Gasteiger partial charge >= 0.3 is 6.61 Å². The number of benzene rings is 2. The van der Waals surface area contributed by atoms with Gasteiger partial charge in [0.25, 0.3) is 0 Å². The first-order valence-electron chi connectivity index (χ1n) is 5.77. The molecular formula is C14H12ClF2NOS. The summed E-state index contributed by atoms with van der Waals surface area (Å²) in [5.74, 6) is 0.661. The van der Waals surface area contributed by atoms with E-state index in [1.807, 2.05) is 0 Å². The zero-order valence-corrected chi connectivity index (χ0v) is 11.9. The molecule has 2 aromatic carbocycles. The monoisotopic (exact) mass is 315 g/mol. The highest BCUT2D eigenvalue weighted by Crippen LogP contribution is 2.33. The quantitative estimate of drug-likeness (QED) is 0.635. The van der Waals surface area contributed by atoms with Crippen LogP contribution in [0, 0.1) is 0 Å². The Kier molecular flexibility index (Phi) is 5.09. The maximum absolute atomic E-state index is 12.3. The normalized spacial score (nSPS) is 10.8. The number of anilines is 1. The van der Waals surface area contributed by atoms with Crippen LogP contribution in [0.3, 0.4) is 0 Å². The summed E-state index contributed by atoms with van der Waals surface area (Å²) in [6, 6.07) is 11.9. The van der Waals surface area contributed by atoms with Gasteiger partial charge in [-0.1, -0.05) is 29.8 Å². The maximum atomic E-state index is 12.3. The van der Waals surface area contributed by atoms with Crippen molar-refractivity contribution in [3.63, 3.8) is 0 Å². The molecule has 0 atom stereocenters. The summed E-state index contributed by atoms with van der Waals surface area (Å²) in [5.41, 5.74) is 6.89. The predicted octanol–water partition coefficient (Wildman–Crippen LogP) is 4.82. The van der Waals surface area contributed by atoms with Crippen LogP contribution in [-0.2, 0) is 5.75 Å². The van der Waals surface area contributed by atoms with Gasteiger partial charge in [-0.2, -0.15) is 8.78 Å². The number of halogens is 3. The summed E-state index contributed by atoms with van der Waals surface area (Å²) in [6.45, 7) is -2.83. The molecular weight excluding hydrogens is 304 g/mol. The van der Waals surface area contributed by atoms with E-state index >= 15 is 0 Å². The third-order valence-corrected chi connectivity index (χ3v) is 4.07. The summed E-state index contributed by atoms with van der Waals surface area (Å²) in [7, 11) is 0. The van der Waals surface area contributed by atoms with E-state index in [4.69, 9.17) is 17.3 Å². The van der Waals surface area contributed by atoms with E-state index < -0.39 is 6.61 Å². The topological polar surface area (TPSA) is 35.2 Å². The average Bonchev–Trinajstić information content (AvgIpc) is 2.39. The van der Waals surface area contributed by atoms with Crippen LogP contribution in [0.15, 0.2) is 47.4 Å². The third kappa shape index (κ3) is 4.02. The number of para-hydroxylation sites is 1. The first kappa shape index (κ1) is 14.9. The van der Waals surface area contributed by atoms with Crippen LogP contribution < -0.4 is 10.5 Å². The van der Waals surface area contributed by atoms with E-state index in [0.29, 0.717) is 22.0 Å². The molecule has 0 radical (unpaired) electrons. The highest BCUT2D eigenvalue weighted by molar-refractivity contribution is 7.98. The van der Waals surface area contributed by atoms with Crippen molar-refractivity contribution in [3.8, 4) is 5.75 Å². The lowest BCUT2D eigenvalue weighted by Crippen LogP contribution is -2.03. The van der Waals surface area contributed by atoms with Crippen LogP contribution in [0.5, 0.6) is 5.75 Å². The lowest BCUT2D eigenvalue weighted by Gasteiger charge is -2.11. The fraction of sp³-hybridized carbons (Fsp3) is 0.143. The molecule has 0 unspecified atom stereocenters. The Morgan fingerprint density at radius 3 is 2.65 bits per heavy atom. The van der Waals surface area contributed by atoms with Crippen LogP contribution in [0.1, 0.15) is 5.56 Å². The van der Waals surface area contributed by atoms with Gasteiger partial charge < -0.3 is 10.5 Å². The molecule has 0 fully saturated rings. The van der Waals surface area contributed by atoms with Gasteiger partial charge in [0.2, 0.25) is 0 Å². The minimum absolute atomic E-state index is 0.182. The van der Waals surface area contributed by atoms with Crippen molar-refractivity contribution < 1.29 is 13.5 Å². The van der Waals surface area contributed by atoms with Crippen LogP contribution in [0.2, 0.25) is 5.02 Å². The molecule has 0 spiro atoms. The van der Waals surface area contributed by atoms with Crippen molar-refractivity contribution in [2.45, 2.75) is 17.3 Å². The predicted molar refractivity (Wildman–Crippen MR) is 78.5 cm³/mol. The minimum atomic E-state index is -2.83. The van der Waals surface area contributed by atoms with Crippen LogP contribution >= 0.6 is 23.4 Å². The van der Waals surface area contributed by atoms with Crippen molar-refractivity contribution in [1.29, 1.82) is 0 Å². The number of ether oxygens (including phenoxy) is 1. The Morgan fingerprint density at radius 1 is 1.20 bits per heavy atom. The van der Waals surface area contributed by atoms with Gasteiger partial charge in [-0.15, -0.1) is 11.8 Å². The summed E-state index contributed by atoms with van der Waals surface area (Å²) in [5, 5.41) is 0.544. The first-order valence-corrected chi connectivity index (χ1v) is 7.13. The molecule has 0 heterocycles. The van der Waals surface area contributed by atoms with Gasteiger partial charge in [0.15, 0.2) is 0 Å². The number of nitrogens with two attached hydrogens (primary N) is 1. The standard InChI is InChI=1S/C14H12ClF2NOS/c15-11-7-10(18)5-6-13(11)20-8-9-3-1-2-4-12(9)19-14(16)17/h1-7,14H,8,18H2. The SMILES string of the molecule is Nc1ccc(SCc2ccccc2OC(F)F)c(Cl)c1. The van der Waals surface area contributed by atoms with Crippen molar-refractivity contribution >= 4 is 29.1 Å². The van der Waals surface area contributed by atoms with E-state index in [0.717, 1.165) is 4.90 Å². The largest absolute Gasteiger partial charge is 0.435 e. The van der Waals surface area contributed by atoms with Gasteiger partial charge in [0, 0.05) is 21.9 Å². The summed E-state index contributed by atoms with van der Waals surface area (Å²) < 4.78 is 29.1. The highest BCUT2D eigenvalue weighted by atomic mass is 35.5. The summed E-state index contributed by atoms with van der Waals surface area (Å²) in [4.78, 5) is 0.840. The lowest BCUT2D eigenvalue weighted by atomic mass is 10.2. The van der Waals surface area contributed by atoms with E-state index in [1.54, 1.807) is 36.4 Å². The molecule has 2 N–H and O–H groups in total. The molecule has 2 rings (SSSR count). The second-order valence-corrected chi connectivity index (χ2v) is 5.39. The fourth-order valence-corrected chi connectivity index (χ4v) is 2.89. The molecule has 0 bridgehead atoms. The summed E-state index contributed by atoms with van der Waals surface area (Å²) >= 11 is 7.51. The van der Waals surface area contributed by atoms with Crippen molar-refractivity contribution in [2.75, 3.05) is 5.73 Å². The number of hydrogen-bond acceptors (Lipinski definition) is 3. The van der Waals surface area contributed by atoms with Crippen LogP contribution in [0.25, 0.3) is 0 Å². The minimum Gasteiger partial charge on any atom is -0.435 e. The van der Waals surface area contributed by atoms with Crippen LogP contribution in [0.4, 0.5) is 14.5 Å². The van der Waals surface area contributed by atoms with Crippen molar-refractivity contribution in [1.82, 2.24) is 0 Å². The van der Waals surface area contributed by atoms with E-state index in [1.165, 1.54) is 17.8 Å². The number of hydrogen-bond donors (Lipinski definition) is 1. The average molecular weight is 316 g/mol. The Labute approximate surface area is 124 Å². The molecule has 0 aliphatic rings. The van der Waals surface area contributed by atoms with Crippen LogP contribution in [-0.4, -0.2) is 6.61 Å². The molecule has 6 heteroatoms. The highest BCUT2D eigenvalue weighted by Gasteiger charge is 2.10. The van der Waals surface area contributed by atoms with Gasteiger partial charge in [0.05, 0.1) is 5.02 Å². The third-order valence-electron chi connectivity index (χ3n) is 2.53. The second-order valence-electron chi connectivity index (χ2n) is 3.96. The van der Waals surface area contributed by atoms with E-state index in [-0.39, 0.29) is 5.75 Å². The molecule has 2 nitrogen and oxygen atoms in total. The van der Waals surface area contributed by atoms with Gasteiger partial charge in [-0.05, 0) is 24.3 Å². The Hall–Kier alpha value is -1.46. The Morgan fingerprint density at radius 2 is 1.95 bits per heavy atom. The zero-order chi connectivity index (χ0) is 14.5. The molecule has 20 heavy (non-hydrogen) atoms. The first-order chi connectivity index (χ1) is 9.56. The number of alkyl halides is 2. The van der Waals surface area contributed by atoms with E-state index in [9.17, 15) is 8.78 Å². The summed E-state index contributed by atoms with van der Waals surface area (Å²) in [6.07, 6.45) is 0. The molecule has 2 aromatic rings. The molecule has 0 aliphatic carbocycles. The Balaban J connectivity index is 2.10. The zero-order valence-electron chi connectivity index (χ0n) is 10.4. The fourth-order valence-electron chi connectivity index (χ4n) is 1.62. The number of nitrogen functional groups attached to an aromatic ring is 1. The second kappa shape index (κ2) is 6.81. The molecule has 0 aliphatic heterocycles. The van der Waals surface area contributed by atoms with Gasteiger partial charge in [0.1, 0.15) is 5.75 Å². The van der Waals surface area contributed by atoms with Crippen molar-refractivity contribution in [2.24, 2.45) is 0 Å².